The van der Waals surface area contributed by atoms with Gasteiger partial charge in [-0.3, -0.25) is 9.59 Å². The lowest BCUT2D eigenvalue weighted by Crippen LogP contribution is -2.29. The van der Waals surface area contributed by atoms with Gasteiger partial charge in [0.05, 0.1) is 31.2 Å². The summed E-state index contributed by atoms with van der Waals surface area (Å²) in [6, 6.07) is 15.2. The van der Waals surface area contributed by atoms with Crippen LogP contribution in [0.1, 0.15) is 30.5 Å². The van der Waals surface area contributed by atoms with Crippen molar-refractivity contribution in [3.63, 3.8) is 0 Å². The van der Waals surface area contributed by atoms with Gasteiger partial charge in [-0.15, -0.1) is 0 Å². The number of rotatable bonds is 6. The number of amides is 1. The first kappa shape index (κ1) is 18.0. The van der Waals surface area contributed by atoms with Gasteiger partial charge in [0.1, 0.15) is 0 Å². The van der Waals surface area contributed by atoms with Crippen LogP contribution in [0.25, 0.3) is 0 Å². The van der Waals surface area contributed by atoms with Crippen molar-refractivity contribution in [2.24, 2.45) is 0 Å². The molecule has 2 aromatic carbocycles. The predicted octanol–water partition coefficient (Wildman–Crippen LogP) is 2.74. The van der Waals surface area contributed by atoms with E-state index in [1.54, 1.807) is 0 Å². The lowest BCUT2D eigenvalue weighted by molar-refractivity contribution is -0.135. The molecule has 0 aromatic heterocycles. The summed E-state index contributed by atoms with van der Waals surface area (Å²) in [5, 5.41) is 11.7. The molecule has 6 nitrogen and oxygen atoms in total. The molecule has 0 fully saturated rings. The number of nitriles is 1. The molecule has 0 saturated carbocycles. The summed E-state index contributed by atoms with van der Waals surface area (Å²) in [4.78, 5) is 23.7. The predicted molar refractivity (Wildman–Crippen MR) is 91.0 cm³/mol. The number of carbonyl (C=O) groups is 2. The van der Waals surface area contributed by atoms with Crippen molar-refractivity contribution >= 4 is 11.9 Å². The van der Waals surface area contributed by atoms with Gasteiger partial charge in [-0.1, -0.05) is 30.3 Å². The SMILES string of the molecule is COc1cc(C#N)ccc1OC(=O)CC(NC(C)=O)c1ccccc1. The van der Waals surface area contributed by atoms with Gasteiger partial charge >= 0.3 is 5.97 Å². The molecular weight excluding hydrogens is 320 g/mol. The summed E-state index contributed by atoms with van der Waals surface area (Å²) in [7, 11) is 1.43. The molecule has 0 aliphatic heterocycles. The fourth-order valence-corrected chi connectivity index (χ4v) is 2.34. The topological polar surface area (TPSA) is 88.4 Å². The Kier molecular flexibility index (Phi) is 6.13. The largest absolute Gasteiger partial charge is 0.493 e. The second kappa shape index (κ2) is 8.50. The van der Waals surface area contributed by atoms with Gasteiger partial charge in [-0.2, -0.15) is 5.26 Å². The summed E-state index contributed by atoms with van der Waals surface area (Å²) in [5.74, 6) is -0.243. The Bertz CT molecular complexity index is 797. The molecule has 2 rings (SSSR count). The van der Waals surface area contributed by atoms with Gasteiger partial charge in [-0.25, -0.2) is 0 Å². The molecule has 128 valence electrons. The van der Waals surface area contributed by atoms with E-state index in [-0.39, 0.29) is 18.1 Å². The minimum atomic E-state index is -0.523. The molecule has 1 amide bonds. The highest BCUT2D eigenvalue weighted by Crippen LogP contribution is 2.29. The van der Waals surface area contributed by atoms with E-state index >= 15 is 0 Å². The quantitative estimate of drug-likeness (QED) is 0.646. The van der Waals surface area contributed by atoms with Crippen molar-refractivity contribution in [3.05, 3.63) is 59.7 Å². The zero-order chi connectivity index (χ0) is 18.2. The first-order chi connectivity index (χ1) is 12.0. The molecule has 0 aliphatic carbocycles. The van der Waals surface area contributed by atoms with Crippen LogP contribution >= 0.6 is 0 Å². The summed E-state index contributed by atoms with van der Waals surface area (Å²) >= 11 is 0. The molecule has 0 radical (unpaired) electrons. The number of benzene rings is 2. The second-order valence-corrected chi connectivity index (χ2v) is 5.32. The number of esters is 1. The maximum absolute atomic E-state index is 12.3. The van der Waals surface area contributed by atoms with Gasteiger partial charge in [0.25, 0.3) is 0 Å². The number of nitrogens with zero attached hydrogens (tertiary/aromatic N) is 1. The van der Waals surface area contributed by atoms with Crippen molar-refractivity contribution in [2.75, 3.05) is 7.11 Å². The number of carbonyl (C=O) groups excluding carboxylic acids is 2. The van der Waals surface area contributed by atoms with Crippen molar-refractivity contribution in [2.45, 2.75) is 19.4 Å². The monoisotopic (exact) mass is 338 g/mol. The molecule has 2 aromatic rings. The molecule has 0 spiro atoms. The van der Waals surface area contributed by atoms with E-state index in [4.69, 9.17) is 14.7 Å². The normalized spacial score (nSPS) is 11.1. The Labute approximate surface area is 146 Å². The van der Waals surface area contributed by atoms with E-state index in [2.05, 4.69) is 5.32 Å². The molecule has 0 bridgehead atoms. The molecule has 0 heterocycles. The molecular formula is C19H18N2O4. The summed E-state index contributed by atoms with van der Waals surface area (Å²) < 4.78 is 10.5. The Morgan fingerprint density at radius 1 is 1.16 bits per heavy atom. The molecule has 1 N–H and O–H groups in total. The van der Waals surface area contributed by atoms with Gasteiger partial charge in [0, 0.05) is 13.0 Å². The van der Waals surface area contributed by atoms with Crippen molar-refractivity contribution in [1.29, 1.82) is 5.26 Å². The highest BCUT2D eigenvalue weighted by atomic mass is 16.6. The smallest absolute Gasteiger partial charge is 0.313 e. The van der Waals surface area contributed by atoms with E-state index in [9.17, 15) is 9.59 Å². The lowest BCUT2D eigenvalue weighted by atomic mass is 10.0. The molecule has 25 heavy (non-hydrogen) atoms. The van der Waals surface area contributed by atoms with Crippen LogP contribution in [-0.2, 0) is 9.59 Å². The minimum Gasteiger partial charge on any atom is -0.493 e. The standard InChI is InChI=1S/C19H18N2O4/c1-13(22)21-16(15-6-4-3-5-7-15)11-19(23)25-17-9-8-14(12-20)10-18(17)24-2/h3-10,16H,11H2,1-2H3,(H,21,22). The average Bonchev–Trinajstić information content (AvgIpc) is 2.61. The Morgan fingerprint density at radius 2 is 1.88 bits per heavy atom. The van der Waals surface area contributed by atoms with E-state index < -0.39 is 12.0 Å². The molecule has 0 saturated heterocycles. The van der Waals surface area contributed by atoms with E-state index in [1.165, 1.54) is 32.2 Å². The summed E-state index contributed by atoms with van der Waals surface area (Å²) in [6.07, 6.45) is -0.0350. The number of hydrogen-bond donors (Lipinski definition) is 1. The van der Waals surface area contributed by atoms with Crippen LogP contribution in [-0.4, -0.2) is 19.0 Å². The second-order valence-electron chi connectivity index (χ2n) is 5.32. The Morgan fingerprint density at radius 3 is 2.48 bits per heavy atom. The van der Waals surface area contributed by atoms with Crippen LogP contribution in [0, 0.1) is 11.3 Å². The zero-order valence-corrected chi connectivity index (χ0v) is 14.0. The number of methoxy groups -OCH3 is 1. The Hall–Kier alpha value is -3.33. The molecule has 1 atom stereocenters. The van der Waals surface area contributed by atoms with Crippen LogP contribution in [0.3, 0.4) is 0 Å². The first-order valence-electron chi connectivity index (χ1n) is 7.64. The number of hydrogen-bond acceptors (Lipinski definition) is 5. The Balaban J connectivity index is 2.14. The average molecular weight is 338 g/mol. The lowest BCUT2D eigenvalue weighted by Gasteiger charge is -2.18. The maximum atomic E-state index is 12.3. The van der Waals surface area contributed by atoms with Crippen LogP contribution < -0.4 is 14.8 Å². The van der Waals surface area contributed by atoms with Crippen LogP contribution in [0.4, 0.5) is 0 Å². The first-order valence-corrected chi connectivity index (χ1v) is 7.64. The van der Waals surface area contributed by atoms with Crippen molar-refractivity contribution in [3.8, 4) is 17.6 Å². The van der Waals surface area contributed by atoms with Crippen molar-refractivity contribution < 1.29 is 19.1 Å². The van der Waals surface area contributed by atoms with E-state index in [1.807, 2.05) is 36.4 Å². The molecule has 6 heteroatoms. The highest BCUT2D eigenvalue weighted by Gasteiger charge is 2.19. The minimum absolute atomic E-state index is 0.0350. The fourth-order valence-electron chi connectivity index (χ4n) is 2.34. The van der Waals surface area contributed by atoms with Gasteiger partial charge in [-0.05, 0) is 17.7 Å². The van der Waals surface area contributed by atoms with Crippen LogP contribution in [0.5, 0.6) is 11.5 Å². The molecule has 1 unspecified atom stereocenters. The number of ether oxygens (including phenoxy) is 2. The molecule has 0 aliphatic rings. The maximum Gasteiger partial charge on any atom is 0.313 e. The van der Waals surface area contributed by atoms with Gasteiger partial charge < -0.3 is 14.8 Å². The van der Waals surface area contributed by atoms with Crippen LogP contribution in [0.2, 0.25) is 0 Å². The van der Waals surface area contributed by atoms with Crippen molar-refractivity contribution in [1.82, 2.24) is 5.32 Å². The van der Waals surface area contributed by atoms with E-state index in [0.29, 0.717) is 11.3 Å². The number of nitrogens with one attached hydrogen (secondary N) is 1. The zero-order valence-electron chi connectivity index (χ0n) is 14.0. The highest BCUT2D eigenvalue weighted by molar-refractivity contribution is 5.77. The van der Waals surface area contributed by atoms with Crippen LogP contribution in [0.15, 0.2) is 48.5 Å². The summed E-state index contributed by atoms with van der Waals surface area (Å²) in [5.41, 5.74) is 1.21. The fraction of sp³-hybridized carbons (Fsp3) is 0.211. The summed E-state index contributed by atoms with van der Waals surface area (Å²) in [6.45, 7) is 1.39. The third-order valence-corrected chi connectivity index (χ3v) is 3.47. The third kappa shape index (κ3) is 5.08. The van der Waals surface area contributed by atoms with Gasteiger partial charge in [0.2, 0.25) is 5.91 Å². The third-order valence-electron chi connectivity index (χ3n) is 3.47. The van der Waals surface area contributed by atoms with Gasteiger partial charge in [0.15, 0.2) is 11.5 Å². The van der Waals surface area contributed by atoms with E-state index in [0.717, 1.165) is 5.56 Å².